The van der Waals surface area contributed by atoms with Crippen molar-refractivity contribution in [2.75, 3.05) is 18.5 Å². The summed E-state index contributed by atoms with van der Waals surface area (Å²) in [6.07, 6.45) is 4.18. The first kappa shape index (κ1) is 19.4. The van der Waals surface area contributed by atoms with Gasteiger partial charge in [-0.2, -0.15) is 0 Å². The van der Waals surface area contributed by atoms with Crippen LogP contribution in [0.4, 0.5) is 5.82 Å². The summed E-state index contributed by atoms with van der Waals surface area (Å²) in [6, 6.07) is 28.4. The zero-order chi connectivity index (χ0) is 20.9. The standard InChI is InChI=1S/C26H22N2O2/c1-28(18-26(29)30)25-17-22(21-10-6-3-7-11-21)23-16-20(14-15-24(23)27-25)13-12-19-8-4-2-5-9-19/h2-17H,18H2,1H3,(H,29,30). The van der Waals surface area contributed by atoms with Crippen LogP contribution in [0.3, 0.4) is 0 Å². The molecule has 0 spiro atoms. The molecule has 0 saturated carbocycles. The number of hydrogen-bond donors (Lipinski definition) is 1. The Morgan fingerprint density at radius 1 is 0.900 bits per heavy atom. The smallest absolute Gasteiger partial charge is 0.323 e. The first-order chi connectivity index (χ1) is 14.6. The topological polar surface area (TPSA) is 53.4 Å². The van der Waals surface area contributed by atoms with Crippen molar-refractivity contribution in [3.63, 3.8) is 0 Å². The Balaban J connectivity index is 1.82. The lowest BCUT2D eigenvalue weighted by Gasteiger charge is -2.18. The minimum absolute atomic E-state index is 0.107. The van der Waals surface area contributed by atoms with Gasteiger partial charge in [-0.25, -0.2) is 4.98 Å². The Labute approximate surface area is 175 Å². The van der Waals surface area contributed by atoms with Crippen molar-refractivity contribution in [3.05, 3.63) is 96.1 Å². The fraction of sp³-hybridized carbons (Fsp3) is 0.0769. The molecule has 1 aromatic heterocycles. The Kier molecular flexibility index (Phi) is 5.57. The first-order valence-electron chi connectivity index (χ1n) is 9.76. The van der Waals surface area contributed by atoms with Gasteiger partial charge in [-0.15, -0.1) is 0 Å². The molecule has 0 aliphatic rings. The van der Waals surface area contributed by atoms with E-state index >= 15 is 0 Å². The molecule has 0 radical (unpaired) electrons. The van der Waals surface area contributed by atoms with Crippen LogP contribution in [0.2, 0.25) is 0 Å². The van der Waals surface area contributed by atoms with Gasteiger partial charge in [0.15, 0.2) is 0 Å². The van der Waals surface area contributed by atoms with Crippen LogP contribution in [0, 0.1) is 0 Å². The van der Waals surface area contributed by atoms with E-state index in [0.717, 1.165) is 33.2 Å². The predicted octanol–water partition coefficient (Wildman–Crippen LogP) is 5.59. The van der Waals surface area contributed by atoms with Crippen LogP contribution < -0.4 is 4.90 Å². The molecule has 0 fully saturated rings. The van der Waals surface area contributed by atoms with E-state index in [9.17, 15) is 4.79 Å². The van der Waals surface area contributed by atoms with E-state index in [-0.39, 0.29) is 6.54 Å². The van der Waals surface area contributed by atoms with Gasteiger partial charge in [-0.1, -0.05) is 78.9 Å². The van der Waals surface area contributed by atoms with Gasteiger partial charge in [0.25, 0.3) is 0 Å². The summed E-state index contributed by atoms with van der Waals surface area (Å²) in [4.78, 5) is 17.5. The molecule has 1 N–H and O–H groups in total. The van der Waals surface area contributed by atoms with Crippen LogP contribution >= 0.6 is 0 Å². The highest BCUT2D eigenvalue weighted by Crippen LogP contribution is 2.32. The lowest BCUT2D eigenvalue weighted by Crippen LogP contribution is -2.25. The third kappa shape index (κ3) is 4.39. The first-order valence-corrected chi connectivity index (χ1v) is 9.76. The minimum Gasteiger partial charge on any atom is -0.480 e. The number of likely N-dealkylation sites (N-methyl/N-ethyl adjacent to an activating group) is 1. The average Bonchev–Trinajstić information content (AvgIpc) is 2.77. The molecule has 0 bridgehead atoms. The van der Waals surface area contributed by atoms with Gasteiger partial charge in [0.2, 0.25) is 0 Å². The van der Waals surface area contributed by atoms with Gasteiger partial charge >= 0.3 is 5.97 Å². The van der Waals surface area contributed by atoms with E-state index in [1.807, 2.05) is 54.6 Å². The summed E-state index contributed by atoms with van der Waals surface area (Å²) < 4.78 is 0. The Morgan fingerprint density at radius 3 is 2.27 bits per heavy atom. The summed E-state index contributed by atoms with van der Waals surface area (Å²) in [5, 5.41) is 10.2. The zero-order valence-electron chi connectivity index (χ0n) is 16.7. The fourth-order valence-corrected chi connectivity index (χ4v) is 3.43. The number of carboxylic acids is 1. The van der Waals surface area contributed by atoms with Gasteiger partial charge in [-0.3, -0.25) is 4.79 Å². The van der Waals surface area contributed by atoms with Crippen LogP contribution in [0.5, 0.6) is 0 Å². The van der Waals surface area contributed by atoms with Crippen molar-refractivity contribution in [1.29, 1.82) is 0 Å². The summed E-state index contributed by atoms with van der Waals surface area (Å²) in [6.45, 7) is -0.107. The largest absolute Gasteiger partial charge is 0.480 e. The molecule has 0 saturated heterocycles. The predicted molar refractivity (Wildman–Crippen MR) is 123 cm³/mol. The summed E-state index contributed by atoms with van der Waals surface area (Å²) in [5.74, 6) is -0.251. The number of carbonyl (C=O) groups is 1. The van der Waals surface area contributed by atoms with Gasteiger partial charge in [-0.05, 0) is 40.5 Å². The maximum Gasteiger partial charge on any atom is 0.323 e. The quantitative estimate of drug-likeness (QED) is 0.433. The zero-order valence-corrected chi connectivity index (χ0v) is 16.7. The van der Waals surface area contributed by atoms with E-state index in [4.69, 9.17) is 10.1 Å². The second-order valence-electron chi connectivity index (χ2n) is 7.16. The number of benzene rings is 3. The van der Waals surface area contributed by atoms with E-state index in [1.54, 1.807) is 11.9 Å². The van der Waals surface area contributed by atoms with E-state index in [0.29, 0.717) is 5.82 Å². The SMILES string of the molecule is CN(CC(=O)O)c1cc(-c2ccccc2)c2cc(C=Cc3ccccc3)ccc2n1. The third-order valence-corrected chi connectivity index (χ3v) is 4.94. The molecule has 4 heteroatoms. The number of aliphatic carboxylic acids is 1. The number of pyridine rings is 1. The lowest BCUT2D eigenvalue weighted by molar-refractivity contribution is -0.135. The van der Waals surface area contributed by atoms with Crippen molar-refractivity contribution in [2.24, 2.45) is 0 Å². The maximum absolute atomic E-state index is 11.2. The number of hydrogen-bond acceptors (Lipinski definition) is 3. The minimum atomic E-state index is -0.887. The van der Waals surface area contributed by atoms with Crippen molar-refractivity contribution < 1.29 is 9.90 Å². The van der Waals surface area contributed by atoms with Gasteiger partial charge in [0, 0.05) is 12.4 Å². The number of rotatable bonds is 6. The van der Waals surface area contributed by atoms with Gasteiger partial charge < -0.3 is 10.0 Å². The molecule has 0 unspecified atom stereocenters. The molecule has 3 aromatic carbocycles. The molecular formula is C26H22N2O2. The second-order valence-corrected chi connectivity index (χ2v) is 7.16. The van der Waals surface area contributed by atoms with Crippen LogP contribution in [-0.4, -0.2) is 29.7 Å². The van der Waals surface area contributed by atoms with E-state index in [2.05, 4.69) is 42.5 Å². The number of anilines is 1. The second kappa shape index (κ2) is 8.62. The number of fused-ring (bicyclic) bond motifs is 1. The summed E-state index contributed by atoms with van der Waals surface area (Å²) in [7, 11) is 1.74. The van der Waals surface area contributed by atoms with Crippen molar-refractivity contribution in [1.82, 2.24) is 4.98 Å². The summed E-state index contributed by atoms with van der Waals surface area (Å²) >= 11 is 0. The number of nitrogens with zero attached hydrogens (tertiary/aromatic N) is 2. The van der Waals surface area contributed by atoms with E-state index < -0.39 is 5.97 Å². The summed E-state index contributed by atoms with van der Waals surface area (Å²) in [5.41, 5.74) is 5.16. The van der Waals surface area contributed by atoms with Crippen LogP contribution in [0.25, 0.3) is 34.2 Å². The Morgan fingerprint density at radius 2 is 1.57 bits per heavy atom. The Bertz CT molecular complexity index is 1200. The van der Waals surface area contributed by atoms with Crippen molar-refractivity contribution in [2.45, 2.75) is 0 Å². The number of aromatic nitrogens is 1. The molecule has 4 nitrogen and oxygen atoms in total. The molecule has 0 amide bonds. The molecule has 0 atom stereocenters. The normalized spacial score (nSPS) is 11.1. The molecule has 4 aromatic rings. The highest BCUT2D eigenvalue weighted by molar-refractivity contribution is 5.97. The van der Waals surface area contributed by atoms with Crippen LogP contribution in [-0.2, 0) is 4.79 Å². The van der Waals surface area contributed by atoms with Crippen LogP contribution in [0.1, 0.15) is 11.1 Å². The molecule has 4 rings (SSSR count). The highest BCUT2D eigenvalue weighted by atomic mass is 16.4. The molecule has 30 heavy (non-hydrogen) atoms. The fourth-order valence-electron chi connectivity index (χ4n) is 3.43. The van der Waals surface area contributed by atoms with Gasteiger partial charge in [0.05, 0.1) is 5.52 Å². The average molecular weight is 394 g/mol. The molecule has 0 aliphatic heterocycles. The lowest BCUT2D eigenvalue weighted by atomic mass is 9.99. The van der Waals surface area contributed by atoms with Crippen LogP contribution in [0.15, 0.2) is 84.9 Å². The molecular weight excluding hydrogens is 372 g/mol. The van der Waals surface area contributed by atoms with Crippen molar-refractivity contribution >= 4 is 34.8 Å². The third-order valence-electron chi connectivity index (χ3n) is 4.94. The Hall–Kier alpha value is -3.92. The monoisotopic (exact) mass is 394 g/mol. The molecule has 0 aliphatic carbocycles. The van der Waals surface area contributed by atoms with Crippen molar-refractivity contribution in [3.8, 4) is 11.1 Å². The van der Waals surface area contributed by atoms with E-state index in [1.165, 1.54) is 0 Å². The van der Waals surface area contributed by atoms with Gasteiger partial charge in [0.1, 0.15) is 12.4 Å². The molecule has 1 heterocycles. The maximum atomic E-state index is 11.2. The number of carboxylic acid groups (broad SMARTS) is 1. The molecule has 148 valence electrons. The highest BCUT2D eigenvalue weighted by Gasteiger charge is 2.13.